The average molecular weight is 528 g/mol. The van der Waals surface area contributed by atoms with Crippen LogP contribution in [0.15, 0.2) is 152 Å². The van der Waals surface area contributed by atoms with E-state index in [-0.39, 0.29) is 0 Å². The van der Waals surface area contributed by atoms with Crippen molar-refractivity contribution in [2.45, 2.75) is 0 Å². The van der Waals surface area contributed by atoms with E-state index in [1.807, 2.05) is 11.3 Å². The van der Waals surface area contributed by atoms with E-state index in [1.165, 1.54) is 52.8 Å². The largest absolute Gasteiger partial charge is 0.310 e. The summed E-state index contributed by atoms with van der Waals surface area (Å²) in [6.45, 7) is 0. The maximum absolute atomic E-state index is 2.37. The molecule has 0 bridgehead atoms. The highest BCUT2D eigenvalue weighted by Gasteiger charge is 2.16. The lowest BCUT2D eigenvalue weighted by atomic mass is 9.99. The molecule has 0 aliphatic rings. The molecule has 1 heterocycles. The van der Waals surface area contributed by atoms with Crippen LogP contribution in [0.4, 0.5) is 17.1 Å². The van der Waals surface area contributed by atoms with Crippen molar-refractivity contribution in [3.05, 3.63) is 152 Å². The van der Waals surface area contributed by atoms with E-state index in [0.29, 0.717) is 0 Å². The lowest BCUT2D eigenvalue weighted by Crippen LogP contribution is -2.09. The molecule has 0 amide bonds. The van der Waals surface area contributed by atoms with Gasteiger partial charge in [0, 0.05) is 42.6 Å². The summed E-state index contributed by atoms with van der Waals surface area (Å²) >= 11 is 1.90. The molecule has 2 heteroatoms. The van der Waals surface area contributed by atoms with Crippen LogP contribution in [0.1, 0.15) is 0 Å². The van der Waals surface area contributed by atoms with Gasteiger partial charge in [-0.2, -0.15) is 0 Å². The Morgan fingerprint density at radius 3 is 1.82 bits per heavy atom. The van der Waals surface area contributed by atoms with Gasteiger partial charge < -0.3 is 4.90 Å². The predicted molar refractivity (Wildman–Crippen MR) is 174 cm³/mol. The number of hydrogen-bond acceptors (Lipinski definition) is 2. The smallest absolute Gasteiger partial charge is 0.0468 e. The quantitative estimate of drug-likeness (QED) is 0.206. The van der Waals surface area contributed by atoms with E-state index in [4.69, 9.17) is 0 Å². The Labute approximate surface area is 237 Å². The Hall–Kier alpha value is -4.92. The van der Waals surface area contributed by atoms with Crippen molar-refractivity contribution in [2.24, 2.45) is 0 Å². The number of para-hydroxylation sites is 1. The first-order valence-corrected chi connectivity index (χ1v) is 14.4. The molecule has 188 valence electrons. The Balaban J connectivity index is 1.35. The number of benzene rings is 7. The summed E-state index contributed by atoms with van der Waals surface area (Å²) < 4.78 is 2.70. The minimum Gasteiger partial charge on any atom is -0.310 e. The van der Waals surface area contributed by atoms with Crippen molar-refractivity contribution >= 4 is 70.1 Å². The number of rotatable bonds is 4. The van der Waals surface area contributed by atoms with Crippen LogP contribution in [0.2, 0.25) is 0 Å². The van der Waals surface area contributed by atoms with Crippen LogP contribution in [-0.2, 0) is 0 Å². The molecule has 8 rings (SSSR count). The summed E-state index contributed by atoms with van der Waals surface area (Å²) in [6.07, 6.45) is 0. The summed E-state index contributed by atoms with van der Waals surface area (Å²) in [4.78, 5) is 2.36. The molecule has 0 aliphatic carbocycles. The van der Waals surface area contributed by atoms with Gasteiger partial charge in [-0.05, 0) is 69.8 Å². The fourth-order valence-electron chi connectivity index (χ4n) is 5.90. The third-order valence-electron chi connectivity index (χ3n) is 7.83. The first-order valence-electron chi connectivity index (χ1n) is 13.6. The summed E-state index contributed by atoms with van der Waals surface area (Å²) in [5.74, 6) is 0. The van der Waals surface area contributed by atoms with Gasteiger partial charge in [0.25, 0.3) is 0 Å². The summed E-state index contributed by atoms with van der Waals surface area (Å²) in [6, 6.07) is 54.8. The van der Waals surface area contributed by atoms with Gasteiger partial charge in [-0.25, -0.2) is 0 Å². The van der Waals surface area contributed by atoms with Crippen molar-refractivity contribution in [2.75, 3.05) is 4.90 Å². The summed E-state index contributed by atoms with van der Waals surface area (Å²) in [5.41, 5.74) is 5.87. The second kappa shape index (κ2) is 9.37. The molecule has 0 atom stereocenters. The number of fused-ring (bicyclic) bond motifs is 7. The second-order valence-corrected chi connectivity index (χ2v) is 11.2. The topological polar surface area (TPSA) is 3.24 Å². The average Bonchev–Trinajstić information content (AvgIpc) is 3.41. The van der Waals surface area contributed by atoms with Crippen LogP contribution in [0.5, 0.6) is 0 Å². The van der Waals surface area contributed by atoms with Crippen molar-refractivity contribution < 1.29 is 0 Å². The lowest BCUT2D eigenvalue weighted by Gasteiger charge is -2.26. The number of thiophene rings is 1. The molecule has 0 spiro atoms. The minimum absolute atomic E-state index is 1.14. The van der Waals surface area contributed by atoms with Gasteiger partial charge in [0.2, 0.25) is 0 Å². The summed E-state index contributed by atoms with van der Waals surface area (Å²) in [7, 11) is 0. The van der Waals surface area contributed by atoms with Gasteiger partial charge in [-0.1, -0.05) is 109 Å². The Kier molecular flexibility index (Phi) is 5.39. The van der Waals surface area contributed by atoms with Crippen molar-refractivity contribution in [1.82, 2.24) is 0 Å². The molecule has 7 aromatic carbocycles. The van der Waals surface area contributed by atoms with E-state index in [9.17, 15) is 0 Å². The number of anilines is 3. The standard InChI is InChI=1S/C38H25NS/c1-3-9-26(10-4-1)27-17-21-31(22-18-27)39(30-11-5-2-6-12-30)32-23-19-28-15-16-29-20-24-34-33-13-7-8-14-36(33)40-38(34)37(29)35(28)25-32/h1-25H. The van der Waals surface area contributed by atoms with E-state index in [1.54, 1.807) is 0 Å². The molecular formula is C38H25NS. The first-order chi connectivity index (χ1) is 19.8. The van der Waals surface area contributed by atoms with Gasteiger partial charge in [-0.3, -0.25) is 0 Å². The van der Waals surface area contributed by atoms with E-state index >= 15 is 0 Å². The SMILES string of the molecule is c1ccc(-c2ccc(N(c3ccccc3)c3ccc4ccc5ccc6c7ccccc7sc6c5c4c3)cc2)cc1. The number of hydrogen-bond donors (Lipinski definition) is 0. The van der Waals surface area contributed by atoms with Crippen LogP contribution < -0.4 is 4.90 Å². The van der Waals surface area contributed by atoms with Crippen LogP contribution in [0.25, 0.3) is 52.8 Å². The minimum atomic E-state index is 1.14. The Bertz CT molecular complexity index is 2140. The molecule has 0 radical (unpaired) electrons. The molecule has 1 nitrogen and oxygen atoms in total. The van der Waals surface area contributed by atoms with Gasteiger partial charge in [0.1, 0.15) is 0 Å². The van der Waals surface area contributed by atoms with Gasteiger partial charge >= 0.3 is 0 Å². The summed E-state index contributed by atoms with van der Waals surface area (Å²) in [5, 5.41) is 7.83. The van der Waals surface area contributed by atoms with Crippen LogP contribution in [0.3, 0.4) is 0 Å². The second-order valence-electron chi connectivity index (χ2n) is 10.2. The number of nitrogens with zero attached hydrogens (tertiary/aromatic N) is 1. The van der Waals surface area contributed by atoms with Gasteiger partial charge in [-0.15, -0.1) is 11.3 Å². The van der Waals surface area contributed by atoms with E-state index < -0.39 is 0 Å². The van der Waals surface area contributed by atoms with Gasteiger partial charge in [0.05, 0.1) is 0 Å². The maximum atomic E-state index is 2.37. The Morgan fingerprint density at radius 2 is 1.00 bits per heavy atom. The molecular weight excluding hydrogens is 502 g/mol. The zero-order valence-corrected chi connectivity index (χ0v) is 22.6. The molecule has 40 heavy (non-hydrogen) atoms. The normalized spacial score (nSPS) is 11.5. The molecule has 0 saturated carbocycles. The Morgan fingerprint density at radius 1 is 0.400 bits per heavy atom. The maximum Gasteiger partial charge on any atom is 0.0468 e. The highest BCUT2D eigenvalue weighted by Crippen LogP contribution is 2.43. The fraction of sp³-hybridized carbons (Fsp3) is 0. The molecule has 0 saturated heterocycles. The first kappa shape index (κ1) is 23.0. The third kappa shape index (κ3) is 3.77. The molecule has 0 N–H and O–H groups in total. The zero-order chi connectivity index (χ0) is 26.5. The highest BCUT2D eigenvalue weighted by molar-refractivity contribution is 7.26. The monoisotopic (exact) mass is 527 g/mol. The third-order valence-corrected chi connectivity index (χ3v) is 9.04. The van der Waals surface area contributed by atoms with Crippen molar-refractivity contribution in [1.29, 1.82) is 0 Å². The predicted octanol–water partition coefficient (Wildman–Crippen LogP) is 11.5. The van der Waals surface area contributed by atoms with Crippen LogP contribution in [0, 0.1) is 0 Å². The van der Waals surface area contributed by atoms with Crippen LogP contribution >= 0.6 is 11.3 Å². The molecule has 0 unspecified atom stereocenters. The van der Waals surface area contributed by atoms with Crippen molar-refractivity contribution in [3.63, 3.8) is 0 Å². The fourth-order valence-corrected chi connectivity index (χ4v) is 7.18. The van der Waals surface area contributed by atoms with E-state index in [0.717, 1.165) is 17.1 Å². The van der Waals surface area contributed by atoms with Crippen molar-refractivity contribution in [3.8, 4) is 11.1 Å². The molecule has 8 aromatic rings. The highest BCUT2D eigenvalue weighted by atomic mass is 32.1. The molecule has 0 aliphatic heterocycles. The molecule has 0 fully saturated rings. The zero-order valence-electron chi connectivity index (χ0n) is 21.8. The van der Waals surface area contributed by atoms with Crippen LogP contribution in [-0.4, -0.2) is 0 Å². The van der Waals surface area contributed by atoms with E-state index in [2.05, 4.69) is 157 Å². The van der Waals surface area contributed by atoms with Gasteiger partial charge in [0.15, 0.2) is 0 Å². The lowest BCUT2D eigenvalue weighted by molar-refractivity contribution is 1.29. The molecule has 1 aromatic heterocycles.